The zero-order valence-corrected chi connectivity index (χ0v) is 15.9. The second-order valence-electron chi connectivity index (χ2n) is 6.33. The molecule has 29 heavy (non-hydrogen) atoms. The molecule has 3 rings (SSSR count). The van der Waals surface area contributed by atoms with Gasteiger partial charge in [0.1, 0.15) is 23.2 Å². The molecule has 2 aromatic carbocycles. The molecule has 0 aliphatic heterocycles. The Morgan fingerprint density at radius 2 is 1.59 bits per heavy atom. The van der Waals surface area contributed by atoms with Crippen LogP contribution in [0.15, 0.2) is 80.9 Å². The molecule has 0 unspecified atom stereocenters. The number of nitrogens with zero attached hydrogens (tertiary/aromatic N) is 4. The van der Waals surface area contributed by atoms with Crippen molar-refractivity contribution < 1.29 is 14.3 Å². The molecule has 0 aliphatic rings. The number of aliphatic carboxylic acids is 1. The number of carbonyl (C=O) groups is 1. The molecule has 0 spiro atoms. The number of carboxylic acid groups (broad SMARTS) is 1. The summed E-state index contributed by atoms with van der Waals surface area (Å²) in [5.41, 5.74) is 2.95. The van der Waals surface area contributed by atoms with Gasteiger partial charge in [0.2, 0.25) is 0 Å². The Bertz CT molecular complexity index is 1100. The Balaban J connectivity index is 1.72. The monoisotopic (exact) mass is 386 g/mol. The van der Waals surface area contributed by atoms with Gasteiger partial charge in [-0.25, -0.2) is 4.79 Å². The minimum atomic E-state index is -1.29. The summed E-state index contributed by atoms with van der Waals surface area (Å²) in [7, 11) is 3.95. The fourth-order valence-electron chi connectivity index (χ4n) is 2.49. The van der Waals surface area contributed by atoms with E-state index in [0.29, 0.717) is 17.2 Å². The molecule has 1 aromatic heterocycles. The summed E-state index contributed by atoms with van der Waals surface area (Å²) in [5.74, 6) is -0.443. The van der Waals surface area contributed by atoms with Crippen LogP contribution in [-0.2, 0) is 4.79 Å². The summed E-state index contributed by atoms with van der Waals surface area (Å²) in [6, 6.07) is 20.0. The van der Waals surface area contributed by atoms with Gasteiger partial charge in [-0.2, -0.15) is 15.5 Å². The molecule has 0 atom stereocenters. The number of anilines is 1. The highest BCUT2D eigenvalue weighted by Crippen LogP contribution is 2.27. The normalized spacial score (nSPS) is 11.4. The van der Waals surface area contributed by atoms with Gasteiger partial charge in [-0.1, -0.05) is 0 Å². The van der Waals surface area contributed by atoms with Crippen LogP contribution in [0, 0.1) is 11.3 Å². The zero-order valence-electron chi connectivity index (χ0n) is 15.9. The number of azo groups is 1. The molecule has 7 heteroatoms. The number of hydrogen-bond acceptors (Lipinski definition) is 6. The Kier molecular flexibility index (Phi) is 5.85. The van der Waals surface area contributed by atoms with Crippen molar-refractivity contribution in [1.82, 2.24) is 0 Å². The molecule has 0 bridgehead atoms. The summed E-state index contributed by atoms with van der Waals surface area (Å²) in [6.45, 7) is 0. The fourth-order valence-corrected chi connectivity index (χ4v) is 2.49. The Labute approximate surface area is 167 Å². The molecular weight excluding hydrogens is 368 g/mol. The largest absolute Gasteiger partial charge is 0.477 e. The lowest BCUT2D eigenvalue weighted by Gasteiger charge is -2.11. The maximum absolute atomic E-state index is 10.9. The van der Waals surface area contributed by atoms with E-state index in [1.54, 1.807) is 18.2 Å². The van der Waals surface area contributed by atoms with Crippen molar-refractivity contribution in [2.75, 3.05) is 19.0 Å². The van der Waals surface area contributed by atoms with Gasteiger partial charge in [0.15, 0.2) is 0 Å². The van der Waals surface area contributed by atoms with Crippen molar-refractivity contribution in [2.45, 2.75) is 0 Å². The number of carboxylic acids is 1. The van der Waals surface area contributed by atoms with Crippen LogP contribution in [-0.4, -0.2) is 25.2 Å². The van der Waals surface area contributed by atoms with E-state index in [1.807, 2.05) is 67.5 Å². The second kappa shape index (κ2) is 8.67. The summed E-state index contributed by atoms with van der Waals surface area (Å²) in [6.07, 6.45) is 1.19. The van der Waals surface area contributed by atoms with Crippen molar-refractivity contribution in [3.8, 4) is 17.4 Å². The molecule has 0 amide bonds. The molecular formula is C22H18N4O3. The molecule has 0 fully saturated rings. The minimum Gasteiger partial charge on any atom is -0.477 e. The molecule has 3 aromatic rings. The molecule has 7 nitrogen and oxygen atoms in total. The van der Waals surface area contributed by atoms with Crippen LogP contribution in [0.4, 0.5) is 17.1 Å². The number of hydrogen-bond donors (Lipinski definition) is 1. The van der Waals surface area contributed by atoms with E-state index in [-0.39, 0.29) is 5.57 Å². The highest BCUT2D eigenvalue weighted by atomic mass is 16.4. The number of furan rings is 1. The van der Waals surface area contributed by atoms with E-state index in [9.17, 15) is 4.79 Å². The predicted octanol–water partition coefficient (Wildman–Crippen LogP) is 5.42. The van der Waals surface area contributed by atoms with Crippen molar-refractivity contribution >= 4 is 29.1 Å². The average molecular weight is 386 g/mol. The third-order valence-corrected chi connectivity index (χ3v) is 4.06. The first-order valence-corrected chi connectivity index (χ1v) is 8.71. The van der Waals surface area contributed by atoms with Crippen LogP contribution >= 0.6 is 0 Å². The van der Waals surface area contributed by atoms with Crippen molar-refractivity contribution in [1.29, 1.82) is 5.26 Å². The highest BCUT2D eigenvalue weighted by molar-refractivity contribution is 5.96. The first kappa shape index (κ1) is 19.6. The number of rotatable bonds is 6. The maximum atomic E-state index is 10.9. The van der Waals surface area contributed by atoms with E-state index in [1.165, 1.54) is 6.08 Å². The molecule has 0 aliphatic carbocycles. The first-order chi connectivity index (χ1) is 14.0. The van der Waals surface area contributed by atoms with Crippen LogP contribution < -0.4 is 4.90 Å². The average Bonchev–Trinajstić information content (AvgIpc) is 3.19. The quantitative estimate of drug-likeness (QED) is 0.346. The standard InChI is InChI=1S/C22H18N4O3/c1-26(2)19-9-7-18(8-10-19)25-24-17-5-3-15(4-6-17)21-12-11-20(29-21)13-16(14-23)22(27)28/h3-13H,1-2H3,(H,27,28)/b16-13+,25-24?. The molecule has 144 valence electrons. The van der Waals surface area contributed by atoms with Crippen LogP contribution in [0.1, 0.15) is 5.76 Å². The third kappa shape index (κ3) is 4.96. The van der Waals surface area contributed by atoms with Gasteiger partial charge in [0.05, 0.1) is 11.4 Å². The number of benzene rings is 2. The van der Waals surface area contributed by atoms with E-state index < -0.39 is 5.97 Å². The van der Waals surface area contributed by atoms with E-state index in [4.69, 9.17) is 14.8 Å². The molecule has 1 heterocycles. The Morgan fingerprint density at radius 1 is 1.00 bits per heavy atom. The fraction of sp³-hybridized carbons (Fsp3) is 0.0909. The van der Waals surface area contributed by atoms with Gasteiger partial charge < -0.3 is 14.4 Å². The van der Waals surface area contributed by atoms with Gasteiger partial charge in [-0.3, -0.25) is 0 Å². The van der Waals surface area contributed by atoms with Crippen LogP contribution in [0.3, 0.4) is 0 Å². The van der Waals surface area contributed by atoms with Gasteiger partial charge in [-0.05, 0) is 60.7 Å². The summed E-state index contributed by atoms with van der Waals surface area (Å²) >= 11 is 0. The maximum Gasteiger partial charge on any atom is 0.346 e. The van der Waals surface area contributed by atoms with Crippen molar-refractivity contribution in [2.24, 2.45) is 10.2 Å². The second-order valence-corrected chi connectivity index (χ2v) is 6.33. The summed E-state index contributed by atoms with van der Waals surface area (Å²) in [4.78, 5) is 12.9. The summed E-state index contributed by atoms with van der Waals surface area (Å²) in [5, 5.41) is 26.2. The number of nitriles is 1. The molecule has 0 saturated heterocycles. The van der Waals surface area contributed by atoms with Crippen LogP contribution in [0.25, 0.3) is 17.4 Å². The zero-order chi connectivity index (χ0) is 20.8. The van der Waals surface area contributed by atoms with E-state index in [0.717, 1.165) is 16.9 Å². The van der Waals surface area contributed by atoms with Gasteiger partial charge in [-0.15, -0.1) is 0 Å². The van der Waals surface area contributed by atoms with Gasteiger partial charge in [0.25, 0.3) is 0 Å². The van der Waals surface area contributed by atoms with Crippen molar-refractivity contribution in [3.05, 3.63) is 72.0 Å². The lowest BCUT2D eigenvalue weighted by molar-refractivity contribution is -0.132. The third-order valence-electron chi connectivity index (χ3n) is 4.06. The topological polar surface area (TPSA) is 102 Å². The predicted molar refractivity (Wildman–Crippen MR) is 110 cm³/mol. The molecule has 0 saturated carbocycles. The van der Waals surface area contributed by atoms with E-state index in [2.05, 4.69) is 10.2 Å². The minimum absolute atomic E-state index is 0.295. The van der Waals surface area contributed by atoms with E-state index >= 15 is 0 Å². The smallest absolute Gasteiger partial charge is 0.346 e. The molecule has 1 N–H and O–H groups in total. The van der Waals surface area contributed by atoms with Crippen LogP contribution in [0.2, 0.25) is 0 Å². The Morgan fingerprint density at radius 3 is 2.10 bits per heavy atom. The first-order valence-electron chi connectivity index (χ1n) is 8.71. The Hall–Kier alpha value is -4.18. The lowest BCUT2D eigenvalue weighted by Crippen LogP contribution is -2.07. The SMILES string of the molecule is CN(C)c1ccc(N=Nc2ccc(-c3ccc(/C=C(\C#N)C(=O)O)o3)cc2)cc1. The highest BCUT2D eigenvalue weighted by Gasteiger charge is 2.09. The van der Waals surface area contributed by atoms with Crippen LogP contribution in [0.5, 0.6) is 0 Å². The lowest BCUT2D eigenvalue weighted by atomic mass is 10.1. The molecule has 0 radical (unpaired) electrons. The van der Waals surface area contributed by atoms with Crippen molar-refractivity contribution in [3.63, 3.8) is 0 Å². The van der Waals surface area contributed by atoms with Gasteiger partial charge in [0, 0.05) is 31.4 Å². The van der Waals surface area contributed by atoms with Gasteiger partial charge >= 0.3 is 5.97 Å². The summed E-state index contributed by atoms with van der Waals surface area (Å²) < 4.78 is 5.60.